The van der Waals surface area contributed by atoms with Crippen molar-refractivity contribution in [2.45, 2.75) is 482 Å². The molecule has 0 radical (unpaired) electrons. The van der Waals surface area contributed by atoms with Gasteiger partial charge in [-0.25, -0.2) is 0 Å². The van der Waals surface area contributed by atoms with Gasteiger partial charge in [-0.3, -0.25) is 9.59 Å². The van der Waals surface area contributed by atoms with E-state index in [1.54, 1.807) is 6.08 Å². The van der Waals surface area contributed by atoms with Crippen molar-refractivity contribution in [2.24, 2.45) is 0 Å². The highest BCUT2D eigenvalue weighted by Gasteiger charge is 2.18. The highest BCUT2D eigenvalue weighted by atomic mass is 16.5. The predicted octanol–water partition coefficient (Wildman–Crippen LogP) is 28.3. The van der Waals surface area contributed by atoms with Crippen molar-refractivity contribution in [3.8, 4) is 0 Å². The molecule has 0 aliphatic heterocycles. The summed E-state index contributed by atoms with van der Waals surface area (Å²) in [4.78, 5) is 24.7. The third-order valence-electron chi connectivity index (χ3n) is 19.8. The molecule has 0 aliphatic carbocycles. The average molecular weight is 1310 g/mol. The number of allylic oxidation sites excluding steroid dienone is 7. The van der Waals surface area contributed by atoms with E-state index in [4.69, 9.17) is 4.74 Å². The molecule has 0 aromatic rings. The molecule has 93 heavy (non-hydrogen) atoms. The van der Waals surface area contributed by atoms with Crippen molar-refractivity contribution in [3.63, 3.8) is 0 Å². The van der Waals surface area contributed by atoms with Gasteiger partial charge in [-0.15, -0.1) is 0 Å². The fraction of sp³-hybridized carbons (Fsp3) is 0.885. The number of unbranched alkanes of at least 4 members (excludes halogenated alkanes) is 63. The Morgan fingerprint density at radius 1 is 0.301 bits per heavy atom. The Balaban J connectivity index is 3.37. The SMILES string of the molecule is CCCCCCCC/C=C\CCCCCCCCCC(=O)OCCCCCCCCCCCCCCCCC/C=C\C/C=C\CCCCCCCCCCCCCCCCCCCC(=O)NC(CO)C(O)/C=C/CCCCCCCCCCCCCCCCCCCC. The number of ether oxygens (including phenoxy) is 1. The quantitative estimate of drug-likeness (QED) is 0.0320. The number of rotatable bonds is 80. The molecule has 0 fully saturated rings. The van der Waals surface area contributed by atoms with E-state index < -0.39 is 12.1 Å². The van der Waals surface area contributed by atoms with Gasteiger partial charge in [0.15, 0.2) is 0 Å². The molecule has 0 bridgehead atoms. The molecule has 0 aliphatic rings. The third kappa shape index (κ3) is 78.7. The van der Waals surface area contributed by atoms with Crippen LogP contribution in [0.15, 0.2) is 48.6 Å². The molecule has 0 rings (SSSR count). The van der Waals surface area contributed by atoms with Gasteiger partial charge in [0.05, 0.1) is 25.4 Å². The lowest BCUT2D eigenvalue weighted by molar-refractivity contribution is -0.143. The maximum Gasteiger partial charge on any atom is 0.305 e. The first-order valence-electron chi connectivity index (χ1n) is 42.4. The summed E-state index contributed by atoms with van der Waals surface area (Å²) in [6.45, 7) is 4.95. The van der Waals surface area contributed by atoms with Crippen LogP contribution >= 0.6 is 0 Å². The maximum absolute atomic E-state index is 12.5. The monoisotopic (exact) mass is 1300 g/mol. The lowest BCUT2D eigenvalue weighted by Crippen LogP contribution is -2.45. The van der Waals surface area contributed by atoms with Crippen molar-refractivity contribution in [2.75, 3.05) is 13.2 Å². The number of esters is 1. The second kappa shape index (κ2) is 82.2. The molecular weight excluding hydrogens is 1140 g/mol. The Labute approximate surface area is 582 Å². The van der Waals surface area contributed by atoms with E-state index in [0.717, 1.165) is 51.4 Å². The first-order chi connectivity index (χ1) is 46.0. The van der Waals surface area contributed by atoms with Gasteiger partial charge >= 0.3 is 5.97 Å². The Morgan fingerprint density at radius 2 is 0.538 bits per heavy atom. The van der Waals surface area contributed by atoms with Gasteiger partial charge in [0, 0.05) is 12.8 Å². The molecule has 6 nitrogen and oxygen atoms in total. The second-order valence-corrected chi connectivity index (χ2v) is 29.2. The van der Waals surface area contributed by atoms with Gasteiger partial charge in [-0.05, 0) is 89.9 Å². The van der Waals surface area contributed by atoms with E-state index in [2.05, 4.69) is 55.6 Å². The molecule has 3 N–H and O–H groups in total. The van der Waals surface area contributed by atoms with Crippen LogP contribution in [-0.2, 0) is 14.3 Å². The number of aliphatic hydroxyl groups is 2. The summed E-state index contributed by atoms with van der Waals surface area (Å²) in [5.74, 6) is -0.0432. The zero-order valence-corrected chi connectivity index (χ0v) is 63.0. The van der Waals surface area contributed by atoms with Crippen molar-refractivity contribution in [3.05, 3.63) is 48.6 Å². The lowest BCUT2D eigenvalue weighted by Gasteiger charge is -2.20. The smallest absolute Gasteiger partial charge is 0.305 e. The molecular formula is C87H165NO5. The van der Waals surface area contributed by atoms with Crippen LogP contribution in [0.3, 0.4) is 0 Å². The molecule has 0 aromatic carbocycles. The topological polar surface area (TPSA) is 95.9 Å². The molecule has 0 heterocycles. The first kappa shape index (κ1) is 90.8. The number of amides is 1. The Kier molecular flexibility index (Phi) is 80.3. The van der Waals surface area contributed by atoms with Crippen LogP contribution in [0.2, 0.25) is 0 Å². The molecule has 0 aromatic heterocycles. The van der Waals surface area contributed by atoms with Crippen LogP contribution in [-0.4, -0.2) is 47.4 Å². The van der Waals surface area contributed by atoms with Crippen LogP contribution in [0.5, 0.6) is 0 Å². The summed E-state index contributed by atoms with van der Waals surface area (Å²) in [6.07, 6.45) is 110. The Hall–Kier alpha value is -2.18. The van der Waals surface area contributed by atoms with Crippen molar-refractivity contribution in [1.29, 1.82) is 0 Å². The van der Waals surface area contributed by atoms with Crippen LogP contribution < -0.4 is 5.32 Å². The molecule has 2 atom stereocenters. The number of carbonyl (C=O) groups is 2. The second-order valence-electron chi connectivity index (χ2n) is 29.2. The summed E-state index contributed by atoms with van der Waals surface area (Å²) in [7, 11) is 0. The summed E-state index contributed by atoms with van der Waals surface area (Å²) in [6, 6.07) is -0.627. The van der Waals surface area contributed by atoms with Crippen LogP contribution in [0, 0.1) is 0 Å². The number of nitrogens with one attached hydrogen (secondary N) is 1. The predicted molar refractivity (Wildman–Crippen MR) is 412 cm³/mol. The summed E-state index contributed by atoms with van der Waals surface area (Å²) < 4.78 is 5.51. The van der Waals surface area contributed by atoms with Crippen molar-refractivity contribution >= 4 is 11.9 Å². The lowest BCUT2D eigenvalue weighted by atomic mass is 10.0. The number of aliphatic hydroxyl groups excluding tert-OH is 2. The van der Waals surface area contributed by atoms with Crippen LogP contribution in [0.25, 0.3) is 0 Å². The van der Waals surface area contributed by atoms with Gasteiger partial charge in [0.2, 0.25) is 5.91 Å². The van der Waals surface area contributed by atoms with E-state index >= 15 is 0 Å². The standard InChI is InChI=1S/C87H165NO5/c1-3-5-7-9-11-13-15-17-19-21-22-44-48-51-55-59-63-67-71-75-79-85(90)84(83-89)88-86(91)80-76-72-68-64-60-56-52-49-45-42-40-38-36-34-32-30-28-26-24-23-25-27-29-31-33-35-37-39-41-43-46-50-54-58-62-66-70-74-78-82-93-87(92)81-77-73-69-65-61-57-53-47-20-18-16-14-12-10-8-6-4-2/h18,20,23-24,27,29,75,79,84-85,89-90H,3-17,19,21-22,25-26,28,30-74,76-78,80-83H2,1-2H3,(H,88,91)/b20-18-,24-23-,29-27-,79-75+. The minimum atomic E-state index is -0.844. The van der Waals surface area contributed by atoms with Crippen LogP contribution in [0.1, 0.15) is 470 Å². The summed E-state index contributed by atoms with van der Waals surface area (Å²) in [5, 5.41) is 23.3. The van der Waals surface area contributed by atoms with Crippen LogP contribution in [0.4, 0.5) is 0 Å². The molecule has 6 heteroatoms. The first-order valence-corrected chi connectivity index (χ1v) is 42.4. The largest absolute Gasteiger partial charge is 0.466 e. The molecule has 0 spiro atoms. The number of hydrogen-bond acceptors (Lipinski definition) is 5. The highest BCUT2D eigenvalue weighted by molar-refractivity contribution is 5.76. The van der Waals surface area contributed by atoms with E-state index in [9.17, 15) is 19.8 Å². The Bertz CT molecular complexity index is 1550. The summed E-state index contributed by atoms with van der Waals surface area (Å²) in [5.41, 5.74) is 0. The van der Waals surface area contributed by atoms with Gasteiger partial charge in [0.25, 0.3) is 0 Å². The molecule has 0 saturated heterocycles. The Morgan fingerprint density at radius 3 is 0.828 bits per heavy atom. The number of hydrogen-bond donors (Lipinski definition) is 3. The van der Waals surface area contributed by atoms with E-state index in [1.807, 2.05) is 6.08 Å². The molecule has 548 valence electrons. The molecule has 0 saturated carbocycles. The van der Waals surface area contributed by atoms with E-state index in [-0.39, 0.29) is 18.5 Å². The zero-order chi connectivity index (χ0) is 67.0. The van der Waals surface area contributed by atoms with Crippen molar-refractivity contribution < 1.29 is 24.5 Å². The highest BCUT2D eigenvalue weighted by Crippen LogP contribution is 2.20. The molecule has 1 amide bonds. The zero-order valence-electron chi connectivity index (χ0n) is 63.0. The fourth-order valence-corrected chi connectivity index (χ4v) is 13.4. The molecule has 2 unspecified atom stereocenters. The fourth-order valence-electron chi connectivity index (χ4n) is 13.4. The van der Waals surface area contributed by atoms with Gasteiger partial charge < -0.3 is 20.3 Å². The normalized spacial score (nSPS) is 12.7. The maximum atomic E-state index is 12.5. The van der Waals surface area contributed by atoms with Crippen molar-refractivity contribution in [1.82, 2.24) is 5.32 Å². The van der Waals surface area contributed by atoms with Gasteiger partial charge in [0.1, 0.15) is 0 Å². The van der Waals surface area contributed by atoms with E-state index in [0.29, 0.717) is 19.4 Å². The summed E-state index contributed by atoms with van der Waals surface area (Å²) >= 11 is 0. The average Bonchev–Trinajstić information content (AvgIpc) is 3.78. The van der Waals surface area contributed by atoms with Gasteiger partial charge in [-0.1, -0.05) is 416 Å². The van der Waals surface area contributed by atoms with E-state index in [1.165, 1.54) is 392 Å². The minimum absolute atomic E-state index is 0.0175. The third-order valence-corrected chi connectivity index (χ3v) is 19.8. The number of carbonyl (C=O) groups excluding carboxylic acids is 2. The van der Waals surface area contributed by atoms with Gasteiger partial charge in [-0.2, -0.15) is 0 Å². The minimum Gasteiger partial charge on any atom is -0.466 e.